The van der Waals surface area contributed by atoms with Crippen molar-refractivity contribution in [2.75, 3.05) is 13.6 Å². The summed E-state index contributed by atoms with van der Waals surface area (Å²) in [5, 5.41) is 8.56. The van der Waals surface area contributed by atoms with Gasteiger partial charge in [-0.05, 0) is 13.8 Å². The molecule has 0 aromatic heterocycles. The van der Waals surface area contributed by atoms with Gasteiger partial charge in [0.25, 0.3) is 10.2 Å². The van der Waals surface area contributed by atoms with Crippen molar-refractivity contribution in [2.24, 2.45) is 5.41 Å². The molecule has 12 heavy (non-hydrogen) atoms. The van der Waals surface area contributed by atoms with E-state index in [0.29, 0.717) is 0 Å². The van der Waals surface area contributed by atoms with Crippen molar-refractivity contribution in [3.8, 4) is 6.07 Å². The molecule has 0 bridgehead atoms. The molecule has 70 valence electrons. The molecule has 0 rings (SSSR count). The molecule has 0 fully saturated rings. The Hall–Kier alpha value is -0.640. The highest BCUT2D eigenvalue weighted by atomic mass is 32.2. The van der Waals surface area contributed by atoms with Gasteiger partial charge >= 0.3 is 0 Å². The lowest BCUT2D eigenvalue weighted by molar-refractivity contribution is 0.476. The molecule has 0 aliphatic heterocycles. The largest absolute Gasteiger partial charge is 0.276 e. The Kier molecular flexibility index (Phi) is 3.64. The fourth-order valence-electron chi connectivity index (χ4n) is 0.387. The van der Waals surface area contributed by atoms with Crippen LogP contribution in [0.25, 0.3) is 0 Å². The Labute approximate surface area is 73.0 Å². The molecule has 0 aromatic carbocycles. The molecule has 0 unspecified atom stereocenters. The van der Waals surface area contributed by atoms with Gasteiger partial charge in [0.15, 0.2) is 0 Å². The van der Waals surface area contributed by atoms with Gasteiger partial charge in [0, 0.05) is 13.6 Å². The highest BCUT2D eigenvalue weighted by molar-refractivity contribution is 7.87. The van der Waals surface area contributed by atoms with Crippen molar-refractivity contribution < 1.29 is 8.42 Å². The van der Waals surface area contributed by atoms with Gasteiger partial charge in [-0.2, -0.15) is 13.7 Å². The first-order valence-electron chi connectivity index (χ1n) is 3.42. The maximum Gasteiger partial charge on any atom is 0.276 e. The van der Waals surface area contributed by atoms with Crippen LogP contribution in [-0.2, 0) is 10.2 Å². The first-order valence-corrected chi connectivity index (χ1v) is 4.91. The molecule has 6 heteroatoms. The summed E-state index contributed by atoms with van der Waals surface area (Å²) in [4.78, 5) is 0. The van der Waals surface area contributed by atoms with Crippen LogP contribution < -0.4 is 9.44 Å². The van der Waals surface area contributed by atoms with E-state index < -0.39 is 15.6 Å². The molecule has 0 saturated heterocycles. The lowest BCUT2D eigenvalue weighted by atomic mass is 9.97. The minimum atomic E-state index is -3.41. The summed E-state index contributed by atoms with van der Waals surface area (Å²) in [6.07, 6.45) is 0. The lowest BCUT2D eigenvalue weighted by Gasteiger charge is -2.15. The third kappa shape index (κ3) is 4.28. The first kappa shape index (κ1) is 11.4. The van der Waals surface area contributed by atoms with Gasteiger partial charge in [-0.25, -0.2) is 9.44 Å². The molecule has 2 N–H and O–H groups in total. The number of hydrogen-bond acceptors (Lipinski definition) is 3. The summed E-state index contributed by atoms with van der Waals surface area (Å²) < 4.78 is 26.0. The van der Waals surface area contributed by atoms with Crippen LogP contribution in [0.1, 0.15) is 13.8 Å². The van der Waals surface area contributed by atoms with Gasteiger partial charge in [0.05, 0.1) is 11.5 Å². The summed E-state index contributed by atoms with van der Waals surface area (Å²) in [5.74, 6) is 0. The molecule has 0 aliphatic carbocycles. The first-order chi connectivity index (χ1) is 5.33. The second-order valence-corrected chi connectivity index (χ2v) is 4.73. The molecule has 0 aromatic rings. The number of rotatable bonds is 4. The van der Waals surface area contributed by atoms with E-state index in [4.69, 9.17) is 5.26 Å². The highest BCUT2D eigenvalue weighted by Crippen LogP contribution is 2.10. The molecule has 0 radical (unpaired) electrons. The van der Waals surface area contributed by atoms with Crippen molar-refractivity contribution >= 4 is 10.2 Å². The molecule has 0 saturated carbocycles. The van der Waals surface area contributed by atoms with Crippen LogP contribution in [-0.4, -0.2) is 22.0 Å². The summed E-state index contributed by atoms with van der Waals surface area (Å²) in [6.45, 7) is 3.42. The summed E-state index contributed by atoms with van der Waals surface area (Å²) in [6, 6.07) is 1.98. The molecule has 0 spiro atoms. The van der Waals surface area contributed by atoms with E-state index >= 15 is 0 Å². The van der Waals surface area contributed by atoms with Crippen molar-refractivity contribution in [3.63, 3.8) is 0 Å². The van der Waals surface area contributed by atoms with Crippen molar-refractivity contribution in [2.45, 2.75) is 13.8 Å². The molecular formula is C6H13N3O2S. The van der Waals surface area contributed by atoms with Crippen LogP contribution in [0.3, 0.4) is 0 Å². The van der Waals surface area contributed by atoms with E-state index in [-0.39, 0.29) is 6.54 Å². The fraction of sp³-hybridized carbons (Fsp3) is 0.833. The number of hydrogen-bond donors (Lipinski definition) is 2. The maximum atomic E-state index is 10.8. The molecular weight excluding hydrogens is 178 g/mol. The second kappa shape index (κ2) is 3.85. The minimum absolute atomic E-state index is 0.104. The summed E-state index contributed by atoms with van der Waals surface area (Å²) in [5.41, 5.74) is -0.677. The van der Waals surface area contributed by atoms with E-state index in [1.54, 1.807) is 13.8 Å². The number of nitrogens with one attached hydrogen (secondary N) is 2. The smallest absolute Gasteiger partial charge is 0.205 e. The molecule has 5 nitrogen and oxygen atoms in total. The molecule has 0 atom stereocenters. The van der Waals surface area contributed by atoms with Gasteiger partial charge in [-0.15, -0.1) is 0 Å². The number of nitriles is 1. The van der Waals surface area contributed by atoms with Gasteiger partial charge < -0.3 is 0 Å². The van der Waals surface area contributed by atoms with Crippen LogP contribution in [0.2, 0.25) is 0 Å². The third-order valence-electron chi connectivity index (χ3n) is 1.28. The predicted octanol–water partition coefficient (Wildman–Crippen LogP) is -0.410. The maximum absolute atomic E-state index is 10.8. The van der Waals surface area contributed by atoms with Crippen LogP contribution in [0.5, 0.6) is 0 Å². The normalized spacial score (nSPS) is 12.5. The SMILES string of the molecule is CNS(=O)(=O)NCC(C)(C)C#N. The summed E-state index contributed by atoms with van der Waals surface area (Å²) >= 11 is 0. The van der Waals surface area contributed by atoms with E-state index in [2.05, 4.69) is 9.44 Å². The van der Waals surface area contributed by atoms with Gasteiger partial charge in [-0.3, -0.25) is 0 Å². The lowest BCUT2D eigenvalue weighted by Crippen LogP contribution is -2.39. The topological polar surface area (TPSA) is 82.0 Å². The fourth-order valence-corrected chi connectivity index (χ4v) is 1.08. The van der Waals surface area contributed by atoms with Gasteiger partial charge in [0.1, 0.15) is 0 Å². The van der Waals surface area contributed by atoms with E-state index in [9.17, 15) is 8.42 Å². The Bertz CT molecular complexity index is 276. The Morgan fingerprint density at radius 3 is 2.33 bits per heavy atom. The Balaban J connectivity index is 4.12. The molecule has 0 heterocycles. The zero-order chi connectivity index (χ0) is 9.83. The standard InChI is InChI=1S/C6H13N3O2S/c1-6(2,4-7)5-9-12(10,11)8-3/h8-9H,5H2,1-3H3. The van der Waals surface area contributed by atoms with Crippen LogP contribution >= 0.6 is 0 Å². The zero-order valence-electron chi connectivity index (χ0n) is 7.38. The Morgan fingerprint density at radius 2 is 2.00 bits per heavy atom. The second-order valence-electron chi connectivity index (χ2n) is 3.02. The Morgan fingerprint density at radius 1 is 1.50 bits per heavy atom. The summed E-state index contributed by atoms with van der Waals surface area (Å²) in [7, 11) is -2.11. The van der Waals surface area contributed by atoms with Crippen LogP contribution in [0, 0.1) is 16.7 Å². The average molecular weight is 191 g/mol. The zero-order valence-corrected chi connectivity index (χ0v) is 8.20. The molecule has 0 amide bonds. The molecule has 0 aliphatic rings. The van der Waals surface area contributed by atoms with Crippen LogP contribution in [0.4, 0.5) is 0 Å². The monoisotopic (exact) mass is 191 g/mol. The van der Waals surface area contributed by atoms with Crippen molar-refractivity contribution in [1.82, 2.24) is 9.44 Å². The van der Waals surface area contributed by atoms with Crippen molar-refractivity contribution in [1.29, 1.82) is 5.26 Å². The average Bonchev–Trinajstić information content (AvgIpc) is 2.02. The van der Waals surface area contributed by atoms with Crippen molar-refractivity contribution in [3.05, 3.63) is 0 Å². The van der Waals surface area contributed by atoms with Gasteiger partial charge in [0.2, 0.25) is 0 Å². The predicted molar refractivity (Wildman–Crippen MR) is 45.4 cm³/mol. The van der Waals surface area contributed by atoms with Crippen LogP contribution in [0.15, 0.2) is 0 Å². The van der Waals surface area contributed by atoms with E-state index in [1.807, 2.05) is 6.07 Å². The third-order valence-corrected chi connectivity index (χ3v) is 2.34. The van der Waals surface area contributed by atoms with E-state index in [1.165, 1.54) is 7.05 Å². The highest BCUT2D eigenvalue weighted by Gasteiger charge is 2.19. The van der Waals surface area contributed by atoms with Gasteiger partial charge in [-0.1, -0.05) is 0 Å². The number of nitrogens with zero attached hydrogens (tertiary/aromatic N) is 1. The quantitative estimate of drug-likeness (QED) is 0.633. The van der Waals surface area contributed by atoms with E-state index in [0.717, 1.165) is 0 Å². The minimum Gasteiger partial charge on any atom is -0.205 e.